The minimum absolute atomic E-state index is 0.00390. The topological polar surface area (TPSA) is 88.9 Å². The molecule has 2 amide bonds. The molecule has 8 nitrogen and oxygen atoms in total. The molecule has 0 spiro atoms. The number of aromatic amines is 1. The number of anilines is 1. The smallest absolute Gasteiger partial charge is 0.414 e. The van der Waals surface area contributed by atoms with Crippen LogP contribution in [-0.2, 0) is 16.0 Å². The highest BCUT2D eigenvalue weighted by atomic mass is 19.3. The maximum absolute atomic E-state index is 15.7. The Balaban J connectivity index is 1.58. The fraction of sp³-hybridized carbons (Fsp3) is 0.400. The predicted molar refractivity (Wildman–Crippen MR) is 125 cm³/mol. The second-order valence-electron chi connectivity index (χ2n) is 8.96. The molecule has 0 radical (unpaired) electrons. The number of ether oxygens (including phenoxy) is 2. The summed E-state index contributed by atoms with van der Waals surface area (Å²) in [4.78, 5) is 33.8. The summed E-state index contributed by atoms with van der Waals surface area (Å²) in [5.74, 6) is -0.738. The van der Waals surface area contributed by atoms with E-state index >= 15 is 4.39 Å². The van der Waals surface area contributed by atoms with Gasteiger partial charge >= 0.3 is 6.09 Å². The van der Waals surface area contributed by atoms with Crippen LogP contribution in [0.25, 0.3) is 11.0 Å². The van der Waals surface area contributed by atoms with Crippen LogP contribution < -0.4 is 10.5 Å². The van der Waals surface area contributed by atoms with E-state index in [1.165, 1.54) is 23.1 Å². The Morgan fingerprint density at radius 3 is 2.69 bits per heavy atom. The van der Waals surface area contributed by atoms with Crippen LogP contribution >= 0.6 is 0 Å². The lowest BCUT2D eigenvalue weighted by Crippen LogP contribution is -2.39. The molecule has 190 valence electrons. The molecular formula is C25H25F3N4O4. The minimum Gasteiger partial charge on any atom is -0.449 e. The van der Waals surface area contributed by atoms with Gasteiger partial charge in [-0.15, -0.1) is 0 Å². The largest absolute Gasteiger partial charge is 0.449 e. The zero-order valence-electron chi connectivity index (χ0n) is 19.4. The van der Waals surface area contributed by atoms with Crippen molar-refractivity contribution in [1.82, 2.24) is 9.55 Å². The van der Waals surface area contributed by atoms with E-state index in [9.17, 15) is 18.4 Å². The van der Waals surface area contributed by atoms with Crippen molar-refractivity contribution in [3.05, 3.63) is 59.2 Å². The number of carbonyl (C=O) groups excluding carboxylic acids is 2. The number of H-pyrrole nitrogens is 1. The number of halogens is 3. The summed E-state index contributed by atoms with van der Waals surface area (Å²) in [5.41, 5.74) is -0.0752. The van der Waals surface area contributed by atoms with E-state index in [1.807, 2.05) is 0 Å². The minimum atomic E-state index is -2.73. The first-order valence-electron chi connectivity index (χ1n) is 11.7. The Hall–Kier alpha value is -3.60. The van der Waals surface area contributed by atoms with E-state index in [0.29, 0.717) is 36.3 Å². The van der Waals surface area contributed by atoms with Crippen molar-refractivity contribution in [2.24, 2.45) is 4.99 Å². The van der Waals surface area contributed by atoms with Gasteiger partial charge in [-0.1, -0.05) is 12.1 Å². The SMILES string of the molecule is O=C(/N=c1\[nH]c2cc(N3CCCOC3=O)ccc2n1CC1(F)CCOCC1)c1cccc(C(F)F)c1. The monoisotopic (exact) mass is 502 g/mol. The summed E-state index contributed by atoms with van der Waals surface area (Å²) in [5, 5.41) is 0. The summed E-state index contributed by atoms with van der Waals surface area (Å²) < 4.78 is 53.9. The molecular weight excluding hydrogens is 477 g/mol. The van der Waals surface area contributed by atoms with Crippen LogP contribution in [0.4, 0.5) is 23.7 Å². The van der Waals surface area contributed by atoms with E-state index in [4.69, 9.17) is 9.47 Å². The van der Waals surface area contributed by atoms with Crippen molar-refractivity contribution in [1.29, 1.82) is 0 Å². The number of fused-ring (bicyclic) bond motifs is 1. The Bertz CT molecular complexity index is 1360. The number of hydrogen-bond donors (Lipinski definition) is 1. The molecule has 1 aromatic heterocycles. The third-order valence-corrected chi connectivity index (χ3v) is 6.48. The summed E-state index contributed by atoms with van der Waals surface area (Å²) in [6, 6.07) is 10.3. The molecule has 3 aromatic rings. The molecule has 0 atom stereocenters. The van der Waals surface area contributed by atoms with E-state index in [2.05, 4.69) is 9.98 Å². The number of imidazole rings is 1. The van der Waals surface area contributed by atoms with Gasteiger partial charge in [0, 0.05) is 49.4 Å². The van der Waals surface area contributed by atoms with E-state index in [0.717, 1.165) is 6.07 Å². The second-order valence-corrected chi connectivity index (χ2v) is 8.96. The molecule has 0 saturated carbocycles. The van der Waals surface area contributed by atoms with Crippen LogP contribution in [0, 0.1) is 0 Å². The third kappa shape index (κ3) is 4.88. The molecule has 0 aliphatic carbocycles. The average molecular weight is 502 g/mol. The highest BCUT2D eigenvalue weighted by Crippen LogP contribution is 2.29. The molecule has 1 N–H and O–H groups in total. The zero-order chi connectivity index (χ0) is 25.3. The van der Waals surface area contributed by atoms with Crippen molar-refractivity contribution < 1.29 is 32.2 Å². The number of alkyl halides is 3. The number of cyclic esters (lactones) is 1. The molecule has 5 rings (SSSR count). The normalized spacial score (nSPS) is 18.6. The van der Waals surface area contributed by atoms with Gasteiger partial charge < -0.3 is 19.0 Å². The van der Waals surface area contributed by atoms with Gasteiger partial charge in [0.25, 0.3) is 12.3 Å². The Morgan fingerprint density at radius 1 is 1.14 bits per heavy atom. The quantitative estimate of drug-likeness (QED) is 0.556. The van der Waals surface area contributed by atoms with Crippen LogP contribution in [0.5, 0.6) is 0 Å². The number of rotatable bonds is 5. The predicted octanol–water partition coefficient (Wildman–Crippen LogP) is 4.51. The molecule has 2 aliphatic heterocycles. The Labute approximate surface area is 204 Å². The first kappa shape index (κ1) is 24.1. The first-order valence-corrected chi connectivity index (χ1v) is 11.7. The molecule has 3 heterocycles. The van der Waals surface area contributed by atoms with Crippen LogP contribution in [0.3, 0.4) is 0 Å². The number of benzene rings is 2. The number of amides is 2. The molecule has 2 fully saturated rings. The lowest BCUT2D eigenvalue weighted by molar-refractivity contribution is -0.0177. The number of nitrogens with one attached hydrogen (secondary N) is 1. The van der Waals surface area contributed by atoms with Crippen molar-refractivity contribution in [3.63, 3.8) is 0 Å². The number of carbonyl (C=O) groups is 2. The van der Waals surface area contributed by atoms with Gasteiger partial charge in [0.05, 0.1) is 24.2 Å². The van der Waals surface area contributed by atoms with Crippen LogP contribution in [0.1, 0.15) is 41.6 Å². The lowest BCUT2D eigenvalue weighted by Gasteiger charge is -2.30. The molecule has 36 heavy (non-hydrogen) atoms. The third-order valence-electron chi connectivity index (χ3n) is 6.48. The van der Waals surface area contributed by atoms with Crippen molar-refractivity contribution >= 4 is 28.7 Å². The number of aromatic nitrogens is 2. The summed E-state index contributed by atoms with van der Waals surface area (Å²) in [6.45, 7) is 1.35. The van der Waals surface area contributed by atoms with Crippen LogP contribution in [0.2, 0.25) is 0 Å². The van der Waals surface area contributed by atoms with Gasteiger partial charge in [-0.2, -0.15) is 4.99 Å². The van der Waals surface area contributed by atoms with E-state index in [1.54, 1.807) is 22.8 Å². The Morgan fingerprint density at radius 2 is 1.94 bits per heavy atom. The van der Waals surface area contributed by atoms with Gasteiger partial charge in [0.15, 0.2) is 0 Å². The fourth-order valence-electron chi connectivity index (χ4n) is 4.51. The molecule has 2 saturated heterocycles. The van der Waals surface area contributed by atoms with E-state index < -0.39 is 24.1 Å². The molecule has 2 aliphatic rings. The van der Waals surface area contributed by atoms with Crippen LogP contribution in [-0.4, -0.2) is 53.6 Å². The van der Waals surface area contributed by atoms with Gasteiger partial charge in [-0.05, 0) is 36.8 Å². The van der Waals surface area contributed by atoms with Gasteiger partial charge in [-0.25, -0.2) is 18.0 Å². The van der Waals surface area contributed by atoms with Gasteiger partial charge in [0.1, 0.15) is 5.67 Å². The number of nitrogens with zero attached hydrogens (tertiary/aromatic N) is 3. The van der Waals surface area contributed by atoms with Crippen LogP contribution in [0.15, 0.2) is 47.5 Å². The highest BCUT2D eigenvalue weighted by molar-refractivity contribution is 5.95. The maximum atomic E-state index is 15.7. The maximum Gasteiger partial charge on any atom is 0.414 e. The average Bonchev–Trinajstić information content (AvgIpc) is 3.20. The first-order chi connectivity index (χ1) is 17.3. The van der Waals surface area contributed by atoms with Crippen molar-refractivity contribution in [2.45, 2.75) is 37.9 Å². The summed E-state index contributed by atoms with van der Waals surface area (Å²) in [6.07, 6.45) is -2.12. The van der Waals surface area contributed by atoms with E-state index in [-0.39, 0.29) is 49.3 Å². The Kier molecular flexibility index (Phi) is 6.57. The highest BCUT2D eigenvalue weighted by Gasteiger charge is 2.34. The molecule has 0 bridgehead atoms. The lowest BCUT2D eigenvalue weighted by atomic mass is 9.96. The van der Waals surface area contributed by atoms with Gasteiger partial charge in [-0.3, -0.25) is 9.69 Å². The molecule has 11 heteroatoms. The summed E-state index contributed by atoms with van der Waals surface area (Å²) in [7, 11) is 0. The zero-order valence-corrected chi connectivity index (χ0v) is 19.4. The second kappa shape index (κ2) is 9.81. The molecule has 0 unspecified atom stereocenters. The van der Waals surface area contributed by atoms with Gasteiger partial charge in [0.2, 0.25) is 5.62 Å². The molecule has 2 aromatic carbocycles. The van der Waals surface area contributed by atoms with Crippen molar-refractivity contribution in [2.75, 3.05) is 31.3 Å². The fourth-order valence-corrected chi connectivity index (χ4v) is 4.51. The van der Waals surface area contributed by atoms with Crippen molar-refractivity contribution in [3.8, 4) is 0 Å². The summed E-state index contributed by atoms with van der Waals surface area (Å²) >= 11 is 0. The standard InChI is InChI=1S/C25H25F3N4O4/c26-21(27)16-3-1-4-17(13-16)22(33)30-23-29-19-14-18(31-9-2-10-36-24(31)34)5-6-20(19)32(23)15-25(28)7-11-35-12-8-25/h1,3-6,13-14,21H,2,7-12,15H2,(H,29,30,33). The number of hydrogen-bond acceptors (Lipinski definition) is 4.